The summed E-state index contributed by atoms with van der Waals surface area (Å²) >= 11 is 19.6. The maximum Gasteiger partial charge on any atom is 0.308 e. The summed E-state index contributed by atoms with van der Waals surface area (Å²) in [5.41, 5.74) is 1.09. The largest absolute Gasteiger partial charge is 0.466 e. The van der Waals surface area contributed by atoms with Gasteiger partial charge in [0.1, 0.15) is 11.5 Å². The molecule has 1 atom stereocenters. The van der Waals surface area contributed by atoms with E-state index < -0.39 is 21.9 Å². The molecule has 2 aromatic rings. The summed E-state index contributed by atoms with van der Waals surface area (Å²) in [5, 5.41) is 2.53. The van der Waals surface area contributed by atoms with E-state index in [0.717, 1.165) is 10.5 Å². The lowest BCUT2D eigenvalue weighted by molar-refractivity contribution is -0.131. The summed E-state index contributed by atoms with van der Waals surface area (Å²) < 4.78 is 8.83. The molecule has 28 heavy (non-hydrogen) atoms. The fourth-order valence-corrected chi connectivity index (χ4v) is 3.22. The van der Waals surface area contributed by atoms with Crippen LogP contribution in [0.3, 0.4) is 0 Å². The molecule has 0 bridgehead atoms. The Balaban J connectivity index is 2.25. The summed E-state index contributed by atoms with van der Waals surface area (Å²) in [6.07, 6.45) is 0.684. The average molecular weight is 463 g/mol. The predicted octanol–water partition coefficient (Wildman–Crippen LogP) is 5.15. The standard InChI is InChI=1S/C19H18Cl3NO4S/c1-11-10-13(8-9-16(11)28-3)27-18(19(20,21)22)23-17(25)14-6-4-5-7-15(14)26-12(2)24/h4-10,18H,1-3H3,(H,23,25). The highest BCUT2D eigenvalue weighted by Crippen LogP contribution is 2.33. The third-order valence-corrected chi connectivity index (χ3v) is 5.06. The third kappa shape index (κ3) is 6.21. The van der Waals surface area contributed by atoms with E-state index in [0.29, 0.717) is 5.75 Å². The average Bonchev–Trinajstić information content (AvgIpc) is 2.60. The van der Waals surface area contributed by atoms with Gasteiger partial charge in [-0.1, -0.05) is 46.9 Å². The molecule has 0 radical (unpaired) electrons. The van der Waals surface area contributed by atoms with Crippen LogP contribution in [0, 0.1) is 6.92 Å². The zero-order chi connectivity index (χ0) is 20.9. The molecule has 0 saturated carbocycles. The fourth-order valence-electron chi connectivity index (χ4n) is 2.33. The van der Waals surface area contributed by atoms with E-state index in [2.05, 4.69) is 5.32 Å². The van der Waals surface area contributed by atoms with E-state index in [-0.39, 0.29) is 11.3 Å². The van der Waals surface area contributed by atoms with Gasteiger partial charge in [-0.2, -0.15) is 0 Å². The molecule has 0 saturated heterocycles. The molecule has 2 aromatic carbocycles. The van der Waals surface area contributed by atoms with Crippen molar-refractivity contribution in [3.8, 4) is 11.5 Å². The molecule has 0 fully saturated rings. The van der Waals surface area contributed by atoms with Crippen molar-refractivity contribution in [2.24, 2.45) is 0 Å². The minimum absolute atomic E-state index is 0.0933. The number of alkyl halides is 3. The normalized spacial score (nSPS) is 12.2. The first kappa shape index (κ1) is 22.7. The predicted molar refractivity (Wildman–Crippen MR) is 113 cm³/mol. The van der Waals surface area contributed by atoms with Crippen molar-refractivity contribution in [1.82, 2.24) is 5.32 Å². The highest BCUT2D eigenvalue weighted by Gasteiger charge is 2.37. The summed E-state index contributed by atoms with van der Waals surface area (Å²) in [5.74, 6) is -0.652. The van der Waals surface area contributed by atoms with E-state index in [1.54, 1.807) is 36.0 Å². The first-order chi connectivity index (χ1) is 13.1. The Hall–Kier alpha value is -1.60. The van der Waals surface area contributed by atoms with Gasteiger partial charge < -0.3 is 14.8 Å². The molecule has 150 valence electrons. The lowest BCUT2D eigenvalue weighted by atomic mass is 10.2. The van der Waals surface area contributed by atoms with Gasteiger partial charge in [-0.3, -0.25) is 9.59 Å². The molecule has 0 aliphatic rings. The highest BCUT2D eigenvalue weighted by molar-refractivity contribution is 7.98. The van der Waals surface area contributed by atoms with Crippen molar-refractivity contribution in [1.29, 1.82) is 0 Å². The quantitative estimate of drug-likeness (QED) is 0.211. The Morgan fingerprint density at radius 1 is 1.14 bits per heavy atom. The molecular weight excluding hydrogens is 445 g/mol. The smallest absolute Gasteiger partial charge is 0.308 e. The van der Waals surface area contributed by atoms with Gasteiger partial charge in [0, 0.05) is 11.8 Å². The van der Waals surface area contributed by atoms with Crippen molar-refractivity contribution in [2.75, 3.05) is 6.26 Å². The van der Waals surface area contributed by atoms with Crippen molar-refractivity contribution in [2.45, 2.75) is 28.8 Å². The number of aryl methyl sites for hydroxylation is 1. The van der Waals surface area contributed by atoms with E-state index in [1.807, 2.05) is 19.2 Å². The number of ether oxygens (including phenoxy) is 2. The molecule has 0 spiro atoms. The first-order valence-corrected chi connectivity index (χ1v) is 10.4. The number of para-hydroxylation sites is 1. The second kappa shape index (κ2) is 9.74. The van der Waals surface area contributed by atoms with Gasteiger partial charge in [0.2, 0.25) is 10.0 Å². The summed E-state index contributed by atoms with van der Waals surface area (Å²) in [6.45, 7) is 3.17. The van der Waals surface area contributed by atoms with Crippen LogP contribution in [-0.2, 0) is 4.79 Å². The van der Waals surface area contributed by atoms with Crippen LogP contribution >= 0.6 is 46.6 Å². The minimum Gasteiger partial charge on any atom is -0.466 e. The maximum absolute atomic E-state index is 12.7. The van der Waals surface area contributed by atoms with Crippen LogP contribution < -0.4 is 14.8 Å². The number of hydrogen-bond acceptors (Lipinski definition) is 5. The number of carbonyl (C=O) groups excluding carboxylic acids is 2. The summed E-state index contributed by atoms with van der Waals surface area (Å²) in [4.78, 5) is 25.0. The lowest BCUT2D eigenvalue weighted by Gasteiger charge is -2.26. The SMILES string of the molecule is CSc1ccc(OC(NC(=O)c2ccccc2OC(C)=O)C(Cl)(Cl)Cl)cc1C. The minimum atomic E-state index is -1.95. The number of carbonyl (C=O) groups is 2. The number of esters is 1. The number of benzene rings is 2. The second-order valence-corrected chi connectivity index (χ2v) is 8.95. The summed E-state index contributed by atoms with van der Waals surface area (Å²) in [6, 6.07) is 11.6. The van der Waals surface area contributed by atoms with Gasteiger partial charge >= 0.3 is 5.97 Å². The molecule has 1 amide bonds. The number of thioether (sulfide) groups is 1. The van der Waals surface area contributed by atoms with E-state index in [4.69, 9.17) is 44.3 Å². The Bertz CT molecular complexity index is 870. The number of nitrogens with one attached hydrogen (secondary N) is 1. The third-order valence-electron chi connectivity index (χ3n) is 3.57. The zero-order valence-electron chi connectivity index (χ0n) is 15.3. The van der Waals surface area contributed by atoms with Gasteiger partial charge in [0.15, 0.2) is 0 Å². The number of amides is 1. The Labute approximate surface area is 182 Å². The van der Waals surface area contributed by atoms with Crippen molar-refractivity contribution < 1.29 is 19.1 Å². The molecule has 5 nitrogen and oxygen atoms in total. The van der Waals surface area contributed by atoms with Crippen molar-refractivity contribution >= 4 is 58.4 Å². The van der Waals surface area contributed by atoms with E-state index in [1.165, 1.54) is 19.1 Å². The molecule has 0 aliphatic carbocycles. The monoisotopic (exact) mass is 461 g/mol. The van der Waals surface area contributed by atoms with E-state index >= 15 is 0 Å². The lowest BCUT2D eigenvalue weighted by Crippen LogP contribution is -2.48. The topological polar surface area (TPSA) is 64.6 Å². The van der Waals surface area contributed by atoms with Crippen molar-refractivity contribution in [3.05, 3.63) is 53.6 Å². The van der Waals surface area contributed by atoms with Gasteiger partial charge in [-0.25, -0.2) is 0 Å². The van der Waals surface area contributed by atoms with Crippen LogP contribution in [0.4, 0.5) is 0 Å². The Morgan fingerprint density at radius 2 is 1.82 bits per heavy atom. The first-order valence-electron chi connectivity index (χ1n) is 8.08. The van der Waals surface area contributed by atoms with Gasteiger partial charge in [-0.15, -0.1) is 11.8 Å². The van der Waals surface area contributed by atoms with Crippen LogP contribution in [0.25, 0.3) is 0 Å². The van der Waals surface area contributed by atoms with Crippen LogP contribution in [0.1, 0.15) is 22.8 Å². The molecule has 0 heterocycles. The van der Waals surface area contributed by atoms with Crippen LogP contribution in [0.15, 0.2) is 47.4 Å². The Kier molecular flexibility index (Phi) is 7.89. The van der Waals surface area contributed by atoms with Gasteiger partial charge in [0.25, 0.3) is 5.91 Å². The summed E-state index contributed by atoms with van der Waals surface area (Å²) in [7, 11) is 0. The fraction of sp³-hybridized carbons (Fsp3) is 0.263. The van der Waals surface area contributed by atoms with Crippen molar-refractivity contribution in [3.63, 3.8) is 0 Å². The van der Waals surface area contributed by atoms with Gasteiger partial charge in [0.05, 0.1) is 5.56 Å². The molecule has 1 unspecified atom stereocenters. The second-order valence-electron chi connectivity index (χ2n) is 5.73. The molecule has 9 heteroatoms. The van der Waals surface area contributed by atoms with Crippen LogP contribution in [0.5, 0.6) is 11.5 Å². The maximum atomic E-state index is 12.7. The van der Waals surface area contributed by atoms with E-state index in [9.17, 15) is 9.59 Å². The Morgan fingerprint density at radius 3 is 2.39 bits per heavy atom. The number of hydrogen-bond donors (Lipinski definition) is 1. The highest BCUT2D eigenvalue weighted by atomic mass is 35.6. The van der Waals surface area contributed by atoms with Crippen LogP contribution in [0.2, 0.25) is 0 Å². The molecule has 0 aliphatic heterocycles. The molecule has 0 aromatic heterocycles. The number of rotatable bonds is 6. The zero-order valence-corrected chi connectivity index (χ0v) is 18.4. The number of halogens is 3. The molecular formula is C19H18Cl3NO4S. The van der Waals surface area contributed by atoms with Gasteiger partial charge in [-0.05, 0) is 49.1 Å². The molecule has 1 N–H and O–H groups in total. The van der Waals surface area contributed by atoms with Crippen LogP contribution in [-0.4, -0.2) is 28.2 Å². The molecule has 2 rings (SSSR count).